The zero-order valence-corrected chi connectivity index (χ0v) is 29.7. The van der Waals surface area contributed by atoms with Crippen LogP contribution in [0.3, 0.4) is 0 Å². The normalized spacial score (nSPS) is 26.0. The fourth-order valence-corrected chi connectivity index (χ4v) is 5.54. The molecule has 1 fully saturated rings. The molecule has 0 aromatic heterocycles. The van der Waals surface area contributed by atoms with E-state index >= 15 is 0 Å². The lowest BCUT2D eigenvalue weighted by molar-refractivity contribution is -0.152. The quantitative estimate of drug-likeness (QED) is 0.248. The summed E-state index contributed by atoms with van der Waals surface area (Å²) in [5.74, 6) is -1.61. The number of benzene rings is 1. The molecule has 1 aromatic rings. The van der Waals surface area contributed by atoms with Crippen LogP contribution in [-0.2, 0) is 23.7 Å². The summed E-state index contributed by atoms with van der Waals surface area (Å²) in [6, 6.07) is 3.45. The molecule has 2 aliphatic heterocycles. The number of hydrogen-bond donors (Lipinski definition) is 0. The molecule has 1 amide bonds. The van der Waals surface area contributed by atoms with Gasteiger partial charge in [0.05, 0.1) is 11.8 Å². The van der Waals surface area contributed by atoms with Crippen molar-refractivity contribution in [2.75, 3.05) is 11.9 Å². The van der Waals surface area contributed by atoms with Gasteiger partial charge in [0.1, 0.15) is 29.1 Å². The molecule has 1 aromatic carbocycles. The van der Waals surface area contributed by atoms with Gasteiger partial charge in [0.25, 0.3) is 8.32 Å². The van der Waals surface area contributed by atoms with Gasteiger partial charge in [-0.3, -0.25) is 9.69 Å². The Labute approximate surface area is 264 Å². The van der Waals surface area contributed by atoms with Gasteiger partial charge in [0.2, 0.25) is 0 Å². The number of ether oxygens (including phenoxy) is 4. The molecule has 244 valence electrons. The standard InChI is InChI=1S/C34H51NO8Si/c1-21-17-18-25(36)29-26(40-34(9,10)41-29)16-14-15-23-19-24(35(11)31(38)42-32(3,4)5)20-27(28(23)30(37)39-22(21)2)43-44(12,13)33(6,7)8/h14-15,17-22,26,29H,16H2,1-13H3/b15-14+,18-17-/t21-,22+,26+,29+/m1/s1. The van der Waals surface area contributed by atoms with Crippen molar-refractivity contribution in [3.05, 3.63) is 41.5 Å². The van der Waals surface area contributed by atoms with Crippen molar-refractivity contribution in [3.8, 4) is 5.75 Å². The minimum Gasteiger partial charge on any atom is -0.543 e. The smallest absolute Gasteiger partial charge is 0.414 e. The van der Waals surface area contributed by atoms with Crippen molar-refractivity contribution in [1.82, 2.24) is 0 Å². The highest BCUT2D eigenvalue weighted by Crippen LogP contribution is 2.41. The zero-order valence-electron chi connectivity index (χ0n) is 28.7. The average molecular weight is 630 g/mol. The van der Waals surface area contributed by atoms with E-state index in [0.29, 0.717) is 23.4 Å². The van der Waals surface area contributed by atoms with Gasteiger partial charge >= 0.3 is 12.1 Å². The van der Waals surface area contributed by atoms with Gasteiger partial charge in [-0.15, -0.1) is 0 Å². The Morgan fingerprint density at radius 2 is 1.66 bits per heavy atom. The Morgan fingerprint density at radius 1 is 1.02 bits per heavy atom. The Bertz CT molecular complexity index is 1320. The van der Waals surface area contributed by atoms with Crippen LogP contribution in [-0.4, -0.2) is 62.9 Å². The van der Waals surface area contributed by atoms with E-state index in [4.69, 9.17) is 23.4 Å². The number of cyclic esters (lactones) is 1. The average Bonchev–Trinajstić information content (AvgIpc) is 3.17. The third kappa shape index (κ3) is 8.61. The number of hydrogen-bond acceptors (Lipinski definition) is 8. The minimum absolute atomic E-state index is 0.172. The monoisotopic (exact) mass is 629 g/mol. The Kier molecular flexibility index (Phi) is 10.3. The van der Waals surface area contributed by atoms with Crippen LogP contribution >= 0.6 is 0 Å². The van der Waals surface area contributed by atoms with E-state index in [2.05, 4.69) is 33.9 Å². The summed E-state index contributed by atoms with van der Waals surface area (Å²) in [5.41, 5.74) is 0.564. The van der Waals surface area contributed by atoms with Gasteiger partial charge < -0.3 is 23.4 Å². The first-order valence-electron chi connectivity index (χ1n) is 15.3. The predicted octanol–water partition coefficient (Wildman–Crippen LogP) is 7.69. The molecule has 3 rings (SSSR count). The van der Waals surface area contributed by atoms with Crippen molar-refractivity contribution < 1.29 is 37.8 Å². The summed E-state index contributed by atoms with van der Waals surface area (Å²) in [6.45, 7) is 23.2. The van der Waals surface area contributed by atoms with E-state index in [-0.39, 0.29) is 22.3 Å². The maximum atomic E-state index is 14.0. The van der Waals surface area contributed by atoms with Gasteiger partial charge in [-0.1, -0.05) is 45.9 Å². The molecule has 0 unspecified atom stereocenters. The number of nitrogens with zero attached hydrogens (tertiary/aromatic N) is 1. The van der Waals surface area contributed by atoms with Gasteiger partial charge in [-0.05, 0) is 83.8 Å². The van der Waals surface area contributed by atoms with Crippen molar-refractivity contribution in [1.29, 1.82) is 0 Å². The molecule has 0 aliphatic carbocycles. The van der Waals surface area contributed by atoms with Crippen LogP contribution in [0.5, 0.6) is 5.75 Å². The summed E-state index contributed by atoms with van der Waals surface area (Å²) in [6.07, 6.45) is 4.80. The molecule has 0 N–H and O–H groups in total. The summed E-state index contributed by atoms with van der Waals surface area (Å²) in [4.78, 5) is 41.6. The van der Waals surface area contributed by atoms with Gasteiger partial charge in [0.15, 0.2) is 11.6 Å². The molecule has 44 heavy (non-hydrogen) atoms. The van der Waals surface area contributed by atoms with Crippen LogP contribution in [0.15, 0.2) is 30.4 Å². The second-order valence-corrected chi connectivity index (χ2v) is 19.5. The number of carbonyl (C=O) groups is 3. The maximum absolute atomic E-state index is 14.0. The van der Waals surface area contributed by atoms with Crippen molar-refractivity contribution >= 4 is 37.9 Å². The summed E-state index contributed by atoms with van der Waals surface area (Å²) in [7, 11) is -0.845. The summed E-state index contributed by atoms with van der Waals surface area (Å²) >= 11 is 0. The topological polar surface area (TPSA) is 101 Å². The molecule has 1 saturated heterocycles. The molecule has 9 nitrogen and oxygen atoms in total. The first kappa shape index (κ1) is 35.5. The number of anilines is 1. The van der Waals surface area contributed by atoms with E-state index in [1.807, 2.05) is 13.0 Å². The SMILES string of the molecule is C[C@@H]1/C=C\C(=O)[C@@H]2OC(C)(C)O[C@H]2C/C=C/c2cc(N(C)C(=O)OC(C)(C)C)cc(O[Si](C)(C)C(C)(C)C)c2C(=O)O[C@H]1C. The highest BCUT2D eigenvalue weighted by Gasteiger charge is 2.44. The fourth-order valence-electron chi connectivity index (χ4n) is 4.52. The third-order valence-corrected chi connectivity index (χ3v) is 12.6. The molecule has 0 spiro atoms. The molecule has 0 saturated carbocycles. The third-order valence-electron chi connectivity index (χ3n) is 8.27. The number of rotatable bonds is 3. The molecule has 2 heterocycles. The van der Waals surface area contributed by atoms with E-state index in [9.17, 15) is 14.4 Å². The number of fused-ring (bicyclic) bond motifs is 2. The van der Waals surface area contributed by atoms with Crippen molar-refractivity contribution in [3.63, 3.8) is 0 Å². The zero-order chi connectivity index (χ0) is 33.4. The van der Waals surface area contributed by atoms with Crippen LogP contribution in [0.1, 0.15) is 91.6 Å². The number of ketones is 1. The fraction of sp³-hybridized carbons (Fsp3) is 0.618. The second-order valence-electron chi connectivity index (χ2n) is 14.8. The molecule has 0 radical (unpaired) electrons. The molecule has 2 aliphatic rings. The highest BCUT2D eigenvalue weighted by atomic mass is 28.4. The van der Waals surface area contributed by atoms with Gasteiger partial charge in [0, 0.05) is 19.0 Å². The molecule has 0 bridgehead atoms. The first-order valence-corrected chi connectivity index (χ1v) is 18.2. The number of carbonyl (C=O) groups excluding carboxylic acids is 3. The van der Waals surface area contributed by atoms with E-state index in [1.165, 1.54) is 11.0 Å². The molecular weight excluding hydrogens is 578 g/mol. The van der Waals surface area contributed by atoms with Crippen molar-refractivity contribution in [2.45, 2.75) is 123 Å². The predicted molar refractivity (Wildman–Crippen MR) is 175 cm³/mol. The van der Waals surface area contributed by atoms with E-state index < -0.39 is 50.1 Å². The first-order chi connectivity index (χ1) is 20.0. The molecule has 4 atom stereocenters. The molecule has 10 heteroatoms. The van der Waals surface area contributed by atoms with Crippen LogP contribution in [0.4, 0.5) is 10.5 Å². The Balaban J connectivity index is 2.23. The Hall–Kier alpha value is -2.95. The van der Waals surface area contributed by atoms with Crippen molar-refractivity contribution in [2.24, 2.45) is 5.92 Å². The maximum Gasteiger partial charge on any atom is 0.414 e. The van der Waals surface area contributed by atoms with Crippen LogP contribution in [0.25, 0.3) is 6.08 Å². The molecular formula is C34H51NO8Si. The van der Waals surface area contributed by atoms with Gasteiger partial charge in [-0.2, -0.15) is 0 Å². The Morgan fingerprint density at radius 3 is 2.25 bits per heavy atom. The van der Waals surface area contributed by atoms with Gasteiger partial charge in [-0.25, -0.2) is 9.59 Å². The highest BCUT2D eigenvalue weighted by molar-refractivity contribution is 6.74. The lowest BCUT2D eigenvalue weighted by Gasteiger charge is -2.37. The number of amides is 1. The largest absolute Gasteiger partial charge is 0.543 e. The second kappa shape index (κ2) is 12.8. The van der Waals surface area contributed by atoms with E-state index in [0.717, 1.165) is 0 Å². The number of esters is 1. The summed E-state index contributed by atoms with van der Waals surface area (Å²) in [5, 5.41) is -0.172. The van der Waals surface area contributed by atoms with Crippen LogP contribution in [0, 0.1) is 5.92 Å². The lowest BCUT2D eigenvalue weighted by atomic mass is 9.99. The van der Waals surface area contributed by atoms with Crippen LogP contribution < -0.4 is 9.33 Å². The lowest BCUT2D eigenvalue weighted by Crippen LogP contribution is -2.44. The summed E-state index contributed by atoms with van der Waals surface area (Å²) < 4.78 is 30.5. The minimum atomic E-state index is -2.47. The van der Waals surface area contributed by atoms with E-state index in [1.54, 1.807) is 72.9 Å². The van der Waals surface area contributed by atoms with Crippen LogP contribution in [0.2, 0.25) is 18.1 Å².